The number of nitrogens with one attached hydrogen (secondary N) is 2. The van der Waals surface area contributed by atoms with Crippen LogP contribution in [-0.2, 0) is 11.3 Å². The summed E-state index contributed by atoms with van der Waals surface area (Å²) in [5.41, 5.74) is 2.66. The van der Waals surface area contributed by atoms with Crippen molar-refractivity contribution in [2.75, 3.05) is 17.7 Å². The number of fused-ring (bicyclic) bond motifs is 1. The standard InChI is InChI=1S/C31H38N8O3S/c1-2-14-43-30-35-27(34-25-15-24(25)21-6-4-3-5-7-21)26-28(36-30)39(38-37-26)22-8-11-31(16-22,17-23(41)19-40)29(42)33-18-20-9-12-32-13-10-20/h3-7,9-10,12-13,22-25,40-41H,2,8,11,14-19H2,1H3,(H,33,42)(H,34,35,36). The fourth-order valence-electron chi connectivity index (χ4n) is 6.19. The monoisotopic (exact) mass is 602 g/mol. The van der Waals surface area contributed by atoms with Crippen molar-refractivity contribution < 1.29 is 15.0 Å². The zero-order valence-electron chi connectivity index (χ0n) is 24.3. The summed E-state index contributed by atoms with van der Waals surface area (Å²) in [5, 5.41) is 36.5. The first kappa shape index (κ1) is 29.5. The highest BCUT2D eigenvalue weighted by Crippen LogP contribution is 2.48. The Balaban J connectivity index is 1.25. The number of aromatic nitrogens is 6. The number of benzene rings is 1. The molecule has 0 saturated heterocycles. The summed E-state index contributed by atoms with van der Waals surface area (Å²) in [6.07, 6.45) is 6.24. The van der Waals surface area contributed by atoms with Crippen LogP contribution in [0.15, 0.2) is 60.0 Å². The average molecular weight is 603 g/mol. The van der Waals surface area contributed by atoms with Gasteiger partial charge in [-0.2, -0.15) is 0 Å². The second kappa shape index (κ2) is 12.9. The molecule has 226 valence electrons. The first-order valence-corrected chi connectivity index (χ1v) is 16.0. The van der Waals surface area contributed by atoms with Crippen LogP contribution in [0.3, 0.4) is 0 Å². The van der Waals surface area contributed by atoms with Crippen molar-refractivity contribution in [1.82, 2.24) is 35.3 Å². The van der Waals surface area contributed by atoms with Crippen LogP contribution < -0.4 is 10.6 Å². The molecule has 1 amide bonds. The molecular weight excluding hydrogens is 564 g/mol. The molecule has 2 aliphatic rings. The number of aliphatic hydroxyl groups is 2. The third kappa shape index (κ3) is 6.51. The number of hydrogen-bond donors (Lipinski definition) is 4. The molecule has 3 heterocycles. The Morgan fingerprint density at radius 1 is 1.19 bits per heavy atom. The van der Waals surface area contributed by atoms with E-state index in [0.29, 0.717) is 53.9 Å². The van der Waals surface area contributed by atoms with Gasteiger partial charge in [0.05, 0.1) is 24.2 Å². The van der Waals surface area contributed by atoms with Gasteiger partial charge in [0.1, 0.15) is 0 Å². The molecule has 5 atom stereocenters. The summed E-state index contributed by atoms with van der Waals surface area (Å²) in [7, 11) is 0. The molecule has 1 aromatic carbocycles. The van der Waals surface area contributed by atoms with E-state index < -0.39 is 18.1 Å². The summed E-state index contributed by atoms with van der Waals surface area (Å²) < 4.78 is 1.84. The molecule has 4 N–H and O–H groups in total. The molecule has 6 rings (SSSR count). The van der Waals surface area contributed by atoms with E-state index in [0.717, 1.165) is 24.2 Å². The van der Waals surface area contributed by atoms with Crippen LogP contribution in [0.1, 0.15) is 68.5 Å². The van der Waals surface area contributed by atoms with Gasteiger partial charge in [0.2, 0.25) is 5.91 Å². The number of amides is 1. The molecule has 2 fully saturated rings. The number of carbonyl (C=O) groups is 1. The zero-order valence-corrected chi connectivity index (χ0v) is 25.1. The summed E-state index contributed by atoms with van der Waals surface area (Å²) in [4.78, 5) is 27.4. The van der Waals surface area contributed by atoms with Gasteiger partial charge in [-0.3, -0.25) is 9.78 Å². The average Bonchev–Trinajstić information content (AvgIpc) is 3.46. The highest BCUT2D eigenvalue weighted by Gasteiger charge is 2.47. The number of hydrogen-bond acceptors (Lipinski definition) is 10. The molecule has 2 saturated carbocycles. The number of rotatable bonds is 13. The zero-order chi connectivity index (χ0) is 29.8. The third-order valence-electron chi connectivity index (χ3n) is 8.53. The molecule has 2 aliphatic carbocycles. The minimum Gasteiger partial charge on any atom is -0.394 e. The fourth-order valence-corrected chi connectivity index (χ4v) is 6.88. The summed E-state index contributed by atoms with van der Waals surface area (Å²) >= 11 is 1.61. The molecule has 5 unspecified atom stereocenters. The van der Waals surface area contributed by atoms with Gasteiger partial charge in [0, 0.05) is 36.7 Å². The molecule has 0 bridgehead atoms. The number of carbonyl (C=O) groups excluding carboxylic acids is 1. The van der Waals surface area contributed by atoms with Crippen LogP contribution >= 0.6 is 11.8 Å². The SMILES string of the molecule is CCCSc1nc(NC2CC2c2ccccc2)c2nnn(C3CCC(CC(O)CO)(C(=O)NCc4ccncc4)C3)c2n1. The number of thioether (sulfide) groups is 1. The van der Waals surface area contributed by atoms with Gasteiger partial charge >= 0.3 is 0 Å². The Morgan fingerprint density at radius 2 is 2.00 bits per heavy atom. The molecule has 0 aliphatic heterocycles. The van der Waals surface area contributed by atoms with Crippen molar-refractivity contribution in [3.8, 4) is 0 Å². The number of aliphatic hydroxyl groups excluding tert-OH is 2. The van der Waals surface area contributed by atoms with Gasteiger partial charge in [-0.15, -0.1) is 5.10 Å². The number of nitrogens with zero attached hydrogens (tertiary/aromatic N) is 6. The molecule has 0 radical (unpaired) electrons. The molecule has 3 aromatic heterocycles. The smallest absolute Gasteiger partial charge is 0.226 e. The Hall–Kier alpha value is -3.61. The number of pyridine rings is 1. The van der Waals surface area contributed by atoms with Crippen LogP contribution in [-0.4, -0.2) is 70.6 Å². The van der Waals surface area contributed by atoms with E-state index >= 15 is 0 Å². The summed E-state index contributed by atoms with van der Waals surface area (Å²) in [6.45, 7) is 2.09. The Labute approximate surface area is 254 Å². The van der Waals surface area contributed by atoms with E-state index in [9.17, 15) is 15.0 Å². The molecule has 43 heavy (non-hydrogen) atoms. The van der Waals surface area contributed by atoms with Gasteiger partial charge in [0.15, 0.2) is 22.1 Å². The van der Waals surface area contributed by atoms with Crippen molar-refractivity contribution in [3.05, 3.63) is 66.0 Å². The van der Waals surface area contributed by atoms with Gasteiger partial charge in [-0.05, 0) is 61.8 Å². The quantitative estimate of drug-likeness (QED) is 0.131. The molecule has 4 aromatic rings. The summed E-state index contributed by atoms with van der Waals surface area (Å²) in [6, 6.07) is 14.3. The topological polar surface area (TPSA) is 151 Å². The van der Waals surface area contributed by atoms with Crippen molar-refractivity contribution in [3.63, 3.8) is 0 Å². The minimum atomic E-state index is -0.996. The van der Waals surface area contributed by atoms with E-state index in [-0.39, 0.29) is 24.4 Å². The van der Waals surface area contributed by atoms with Crippen molar-refractivity contribution in [2.24, 2.45) is 5.41 Å². The van der Waals surface area contributed by atoms with Gasteiger partial charge in [-0.25, -0.2) is 14.6 Å². The van der Waals surface area contributed by atoms with E-state index in [2.05, 4.69) is 57.1 Å². The predicted octanol–water partition coefficient (Wildman–Crippen LogP) is 3.86. The Morgan fingerprint density at radius 3 is 2.77 bits per heavy atom. The molecule has 11 nitrogen and oxygen atoms in total. The maximum atomic E-state index is 13.7. The van der Waals surface area contributed by atoms with Crippen LogP contribution in [0.5, 0.6) is 0 Å². The van der Waals surface area contributed by atoms with Gasteiger partial charge < -0.3 is 20.8 Å². The molecule has 0 spiro atoms. The predicted molar refractivity (Wildman–Crippen MR) is 164 cm³/mol. The minimum absolute atomic E-state index is 0.138. The lowest BCUT2D eigenvalue weighted by molar-refractivity contribution is -0.133. The Bertz CT molecular complexity index is 1540. The van der Waals surface area contributed by atoms with Crippen LogP contribution in [0.25, 0.3) is 11.2 Å². The largest absolute Gasteiger partial charge is 0.394 e. The van der Waals surface area contributed by atoms with E-state index in [1.54, 1.807) is 24.2 Å². The first-order valence-electron chi connectivity index (χ1n) is 15.0. The van der Waals surface area contributed by atoms with Crippen molar-refractivity contribution >= 4 is 34.7 Å². The van der Waals surface area contributed by atoms with E-state index in [1.807, 2.05) is 22.9 Å². The lowest BCUT2D eigenvalue weighted by Crippen LogP contribution is -2.42. The van der Waals surface area contributed by atoms with E-state index in [1.165, 1.54) is 5.56 Å². The fraction of sp³-hybridized carbons (Fsp3) is 0.484. The third-order valence-corrected chi connectivity index (χ3v) is 9.58. The lowest BCUT2D eigenvalue weighted by atomic mass is 9.79. The second-order valence-corrected chi connectivity index (χ2v) is 12.7. The summed E-state index contributed by atoms with van der Waals surface area (Å²) in [5.74, 6) is 1.87. The van der Waals surface area contributed by atoms with Crippen molar-refractivity contribution in [1.29, 1.82) is 0 Å². The molecule has 12 heteroatoms. The van der Waals surface area contributed by atoms with Gasteiger partial charge in [0.25, 0.3) is 0 Å². The van der Waals surface area contributed by atoms with E-state index in [4.69, 9.17) is 9.97 Å². The normalized spacial score (nSPS) is 23.7. The maximum Gasteiger partial charge on any atom is 0.226 e. The highest BCUT2D eigenvalue weighted by atomic mass is 32.2. The highest BCUT2D eigenvalue weighted by molar-refractivity contribution is 7.99. The van der Waals surface area contributed by atoms with Crippen LogP contribution in [0.4, 0.5) is 5.82 Å². The maximum absolute atomic E-state index is 13.7. The number of anilines is 1. The Kier molecular flexibility index (Phi) is 8.87. The lowest BCUT2D eigenvalue weighted by Gasteiger charge is -2.30. The van der Waals surface area contributed by atoms with Crippen LogP contribution in [0, 0.1) is 5.41 Å². The van der Waals surface area contributed by atoms with Gasteiger partial charge in [-0.1, -0.05) is 54.2 Å². The second-order valence-electron chi connectivity index (χ2n) is 11.7. The molecular formula is C31H38N8O3S. The first-order chi connectivity index (χ1) is 21.0. The van der Waals surface area contributed by atoms with Crippen LogP contribution in [0.2, 0.25) is 0 Å². The van der Waals surface area contributed by atoms with Crippen molar-refractivity contribution in [2.45, 2.75) is 81.3 Å².